The minimum Gasteiger partial charge on any atom is -0.388 e. The van der Waals surface area contributed by atoms with Gasteiger partial charge in [-0.15, -0.1) is 0 Å². The molecule has 1 aromatic rings. The Balaban J connectivity index is 2.14. The average molecular weight is 285 g/mol. The Morgan fingerprint density at radius 3 is 2.74 bits per heavy atom. The predicted molar refractivity (Wildman–Crippen MR) is 69.2 cm³/mol. The first kappa shape index (κ1) is 13.8. The molecule has 1 aliphatic carbocycles. The van der Waals surface area contributed by atoms with E-state index in [-0.39, 0.29) is 17.1 Å². The molecular formula is C12H13ClN2O4. The number of hydrogen-bond donors (Lipinski definition) is 2. The Labute approximate surface area is 114 Å². The number of nitrogens with zero attached hydrogens (tertiary/aromatic N) is 1. The molecule has 7 heteroatoms. The summed E-state index contributed by atoms with van der Waals surface area (Å²) in [5.74, 6) is -0.602. The van der Waals surface area contributed by atoms with Crippen molar-refractivity contribution in [3.63, 3.8) is 0 Å². The van der Waals surface area contributed by atoms with Crippen LogP contribution in [0.3, 0.4) is 0 Å². The highest BCUT2D eigenvalue weighted by Crippen LogP contribution is 2.31. The molecule has 0 bridgehead atoms. The summed E-state index contributed by atoms with van der Waals surface area (Å²) in [6.45, 7) is 0.0928. The van der Waals surface area contributed by atoms with Crippen molar-refractivity contribution in [2.45, 2.75) is 24.9 Å². The fourth-order valence-electron chi connectivity index (χ4n) is 1.99. The second-order valence-corrected chi connectivity index (χ2v) is 5.06. The third-order valence-electron chi connectivity index (χ3n) is 3.28. The van der Waals surface area contributed by atoms with Gasteiger partial charge in [0.2, 0.25) is 0 Å². The van der Waals surface area contributed by atoms with Gasteiger partial charge in [-0.1, -0.05) is 17.7 Å². The molecule has 2 N–H and O–H groups in total. The maximum absolute atomic E-state index is 11.9. The van der Waals surface area contributed by atoms with Gasteiger partial charge in [0.05, 0.1) is 10.5 Å². The topological polar surface area (TPSA) is 92.5 Å². The molecule has 0 radical (unpaired) electrons. The Kier molecular flexibility index (Phi) is 3.73. The van der Waals surface area contributed by atoms with Crippen molar-refractivity contribution >= 4 is 23.2 Å². The third kappa shape index (κ3) is 2.85. The number of nitro groups is 1. The fraction of sp³-hybridized carbons (Fsp3) is 0.417. The van der Waals surface area contributed by atoms with Crippen molar-refractivity contribution in [1.29, 1.82) is 0 Å². The lowest BCUT2D eigenvalue weighted by atomic mass is 9.80. The molecule has 0 saturated heterocycles. The molecule has 0 atom stereocenters. The standard InChI is InChI=1S/C12H13ClN2O4/c13-9-4-1-3-8(10(9)15(18)19)11(16)14-7-12(17)5-2-6-12/h1,3-4,17H,2,5-7H2,(H,14,16). The third-order valence-corrected chi connectivity index (χ3v) is 3.58. The van der Waals surface area contributed by atoms with Gasteiger partial charge in [0, 0.05) is 6.54 Å². The van der Waals surface area contributed by atoms with Crippen molar-refractivity contribution in [3.8, 4) is 0 Å². The lowest BCUT2D eigenvalue weighted by molar-refractivity contribution is -0.385. The number of nitrogens with one attached hydrogen (secondary N) is 1. The van der Waals surface area contributed by atoms with E-state index in [0.717, 1.165) is 6.42 Å². The van der Waals surface area contributed by atoms with E-state index in [9.17, 15) is 20.0 Å². The molecule has 1 aromatic carbocycles. The van der Waals surface area contributed by atoms with E-state index < -0.39 is 22.1 Å². The van der Waals surface area contributed by atoms with Crippen LogP contribution < -0.4 is 5.32 Å². The summed E-state index contributed by atoms with van der Waals surface area (Å²) < 4.78 is 0. The van der Waals surface area contributed by atoms with Crippen molar-refractivity contribution in [2.24, 2.45) is 0 Å². The molecule has 0 aromatic heterocycles. The summed E-state index contributed by atoms with van der Waals surface area (Å²) in [6.07, 6.45) is 2.18. The smallest absolute Gasteiger partial charge is 0.300 e. The molecule has 2 rings (SSSR count). The number of hydrogen-bond acceptors (Lipinski definition) is 4. The highest BCUT2D eigenvalue weighted by Gasteiger charge is 2.35. The van der Waals surface area contributed by atoms with Crippen LogP contribution in [0, 0.1) is 10.1 Å². The van der Waals surface area contributed by atoms with Crippen molar-refractivity contribution in [3.05, 3.63) is 38.9 Å². The first-order chi connectivity index (χ1) is 8.93. The number of amides is 1. The SMILES string of the molecule is O=C(NCC1(O)CCC1)c1cccc(Cl)c1[N+](=O)[O-]. The number of halogens is 1. The number of aliphatic hydroxyl groups is 1. The van der Waals surface area contributed by atoms with E-state index >= 15 is 0 Å². The molecule has 1 fully saturated rings. The number of carbonyl (C=O) groups excluding carboxylic acids is 1. The lowest BCUT2D eigenvalue weighted by Crippen LogP contribution is -2.47. The van der Waals surface area contributed by atoms with E-state index in [0.29, 0.717) is 12.8 Å². The molecule has 0 spiro atoms. The Morgan fingerprint density at radius 1 is 1.53 bits per heavy atom. The second kappa shape index (κ2) is 5.14. The normalized spacial score (nSPS) is 16.5. The number of para-hydroxylation sites is 1. The average Bonchev–Trinajstić information content (AvgIpc) is 2.32. The van der Waals surface area contributed by atoms with Gasteiger partial charge in [-0.3, -0.25) is 14.9 Å². The zero-order valence-electron chi connectivity index (χ0n) is 10.1. The molecule has 6 nitrogen and oxygen atoms in total. The van der Waals surface area contributed by atoms with Crippen LogP contribution in [0.15, 0.2) is 18.2 Å². The highest BCUT2D eigenvalue weighted by atomic mass is 35.5. The van der Waals surface area contributed by atoms with Gasteiger partial charge in [-0.25, -0.2) is 0 Å². The molecular weight excluding hydrogens is 272 g/mol. The molecule has 0 unspecified atom stereocenters. The van der Waals surface area contributed by atoms with Crippen LogP contribution in [0.4, 0.5) is 5.69 Å². The summed E-state index contributed by atoms with van der Waals surface area (Å²) >= 11 is 5.73. The molecule has 1 saturated carbocycles. The van der Waals surface area contributed by atoms with E-state index in [4.69, 9.17) is 11.6 Å². The first-order valence-electron chi connectivity index (χ1n) is 5.86. The second-order valence-electron chi connectivity index (χ2n) is 4.65. The van der Waals surface area contributed by atoms with Crippen LogP contribution in [0.5, 0.6) is 0 Å². The molecule has 1 aliphatic rings. The van der Waals surface area contributed by atoms with Gasteiger partial charge >= 0.3 is 5.69 Å². The van der Waals surface area contributed by atoms with Crippen molar-refractivity contribution < 1.29 is 14.8 Å². The first-order valence-corrected chi connectivity index (χ1v) is 6.24. The van der Waals surface area contributed by atoms with Gasteiger partial charge < -0.3 is 10.4 Å². The Bertz CT molecular complexity index is 528. The van der Waals surface area contributed by atoms with Gasteiger partial charge in [0.25, 0.3) is 5.91 Å². The minimum atomic E-state index is -0.872. The van der Waals surface area contributed by atoms with Crippen LogP contribution in [0.2, 0.25) is 5.02 Å². The Hall–Kier alpha value is -1.66. The predicted octanol–water partition coefficient (Wildman–Crippen LogP) is 1.89. The van der Waals surface area contributed by atoms with E-state index in [2.05, 4.69) is 5.32 Å². The minimum absolute atomic E-state index is 0.0833. The van der Waals surface area contributed by atoms with E-state index in [1.54, 1.807) is 0 Å². The number of carbonyl (C=O) groups is 1. The maximum Gasteiger partial charge on any atom is 0.300 e. The monoisotopic (exact) mass is 284 g/mol. The molecule has 0 aliphatic heterocycles. The summed E-state index contributed by atoms with van der Waals surface area (Å²) in [5, 5.41) is 23.2. The summed E-state index contributed by atoms with van der Waals surface area (Å²) in [5.41, 5.74) is -1.38. The van der Waals surface area contributed by atoms with Crippen LogP contribution in [0.25, 0.3) is 0 Å². The maximum atomic E-state index is 11.9. The van der Waals surface area contributed by atoms with E-state index in [1.807, 2.05) is 0 Å². The zero-order chi connectivity index (χ0) is 14.0. The van der Waals surface area contributed by atoms with Gasteiger partial charge in [0.15, 0.2) is 0 Å². The largest absolute Gasteiger partial charge is 0.388 e. The Morgan fingerprint density at radius 2 is 2.21 bits per heavy atom. The highest BCUT2D eigenvalue weighted by molar-refractivity contribution is 6.33. The number of rotatable bonds is 4. The zero-order valence-corrected chi connectivity index (χ0v) is 10.8. The van der Waals surface area contributed by atoms with Crippen molar-refractivity contribution in [1.82, 2.24) is 5.32 Å². The summed E-state index contributed by atoms with van der Waals surface area (Å²) in [4.78, 5) is 22.1. The molecule has 19 heavy (non-hydrogen) atoms. The molecule has 1 amide bonds. The number of nitro benzene ring substituents is 1. The number of benzene rings is 1. The molecule has 102 valence electrons. The fourth-order valence-corrected chi connectivity index (χ4v) is 2.23. The van der Waals surface area contributed by atoms with Crippen LogP contribution in [-0.2, 0) is 0 Å². The quantitative estimate of drug-likeness (QED) is 0.652. The van der Waals surface area contributed by atoms with E-state index in [1.165, 1.54) is 18.2 Å². The lowest BCUT2D eigenvalue weighted by Gasteiger charge is -2.36. The van der Waals surface area contributed by atoms with Gasteiger partial charge in [-0.05, 0) is 31.4 Å². The van der Waals surface area contributed by atoms with Crippen LogP contribution in [0.1, 0.15) is 29.6 Å². The van der Waals surface area contributed by atoms with Gasteiger partial charge in [-0.2, -0.15) is 0 Å². The summed E-state index contributed by atoms with van der Waals surface area (Å²) in [7, 11) is 0. The van der Waals surface area contributed by atoms with Crippen LogP contribution in [-0.4, -0.2) is 28.1 Å². The molecule has 0 heterocycles. The van der Waals surface area contributed by atoms with Crippen molar-refractivity contribution in [2.75, 3.05) is 6.54 Å². The van der Waals surface area contributed by atoms with Crippen LogP contribution >= 0.6 is 11.6 Å². The summed E-state index contributed by atoms with van der Waals surface area (Å²) in [6, 6.07) is 4.17. The van der Waals surface area contributed by atoms with Gasteiger partial charge in [0.1, 0.15) is 10.6 Å².